The van der Waals surface area contributed by atoms with Crippen molar-refractivity contribution < 1.29 is 9.59 Å². The van der Waals surface area contributed by atoms with Gasteiger partial charge in [-0.15, -0.1) is 0 Å². The van der Waals surface area contributed by atoms with Crippen LogP contribution in [0.5, 0.6) is 0 Å². The first-order chi connectivity index (χ1) is 8.46. The molecule has 1 aromatic carbocycles. The van der Waals surface area contributed by atoms with E-state index in [1.807, 2.05) is 26.0 Å². The van der Waals surface area contributed by atoms with Crippen LogP contribution in [0.3, 0.4) is 0 Å². The van der Waals surface area contributed by atoms with Crippen molar-refractivity contribution in [2.45, 2.75) is 32.6 Å². The third kappa shape index (κ3) is 2.27. The first-order valence-electron chi connectivity index (χ1n) is 6.05. The van der Waals surface area contributed by atoms with Crippen molar-refractivity contribution in [1.82, 2.24) is 5.32 Å². The normalized spacial score (nSPS) is 28.1. The molecule has 2 rings (SSSR count). The molecule has 4 heteroatoms. The zero-order valence-electron chi connectivity index (χ0n) is 10.5. The topological polar surface area (TPSA) is 46.2 Å². The molecule has 2 atom stereocenters. The number of halogens is 1. The van der Waals surface area contributed by atoms with Crippen LogP contribution < -0.4 is 5.32 Å². The number of piperidine rings is 1. The highest BCUT2D eigenvalue weighted by molar-refractivity contribution is 6.30. The molecule has 2 amide bonds. The predicted molar refractivity (Wildman–Crippen MR) is 70.4 cm³/mol. The van der Waals surface area contributed by atoms with E-state index < -0.39 is 0 Å². The predicted octanol–water partition coefficient (Wildman–Crippen LogP) is 2.89. The van der Waals surface area contributed by atoms with Gasteiger partial charge in [0.2, 0.25) is 11.8 Å². The Balaban J connectivity index is 2.42. The molecule has 3 nitrogen and oxygen atoms in total. The Morgan fingerprint density at radius 2 is 1.94 bits per heavy atom. The SMILES string of the molecule is CCC1(C)CC(=O)NC(=O)C1c1ccc(Cl)cc1. The van der Waals surface area contributed by atoms with E-state index in [0.29, 0.717) is 11.4 Å². The number of imide groups is 1. The number of carbonyl (C=O) groups excluding carboxylic acids is 2. The molecule has 0 radical (unpaired) electrons. The van der Waals surface area contributed by atoms with Crippen LogP contribution in [0.4, 0.5) is 0 Å². The highest BCUT2D eigenvalue weighted by atomic mass is 35.5. The summed E-state index contributed by atoms with van der Waals surface area (Å²) in [7, 11) is 0. The molecule has 0 bridgehead atoms. The van der Waals surface area contributed by atoms with Crippen molar-refractivity contribution in [2.24, 2.45) is 5.41 Å². The number of hydrogen-bond acceptors (Lipinski definition) is 2. The molecule has 1 fully saturated rings. The van der Waals surface area contributed by atoms with Gasteiger partial charge in [-0.2, -0.15) is 0 Å². The van der Waals surface area contributed by atoms with Crippen molar-refractivity contribution >= 4 is 23.4 Å². The van der Waals surface area contributed by atoms with Gasteiger partial charge in [-0.3, -0.25) is 14.9 Å². The van der Waals surface area contributed by atoms with Gasteiger partial charge in [0.15, 0.2) is 0 Å². The monoisotopic (exact) mass is 265 g/mol. The van der Waals surface area contributed by atoms with Gasteiger partial charge < -0.3 is 0 Å². The van der Waals surface area contributed by atoms with Crippen molar-refractivity contribution in [1.29, 1.82) is 0 Å². The quantitative estimate of drug-likeness (QED) is 0.836. The second-order valence-corrected chi connectivity index (χ2v) is 5.52. The first kappa shape index (κ1) is 13.1. The number of nitrogens with one attached hydrogen (secondary N) is 1. The second-order valence-electron chi connectivity index (χ2n) is 5.08. The van der Waals surface area contributed by atoms with Gasteiger partial charge in [0.1, 0.15) is 0 Å². The van der Waals surface area contributed by atoms with Gasteiger partial charge >= 0.3 is 0 Å². The summed E-state index contributed by atoms with van der Waals surface area (Å²) >= 11 is 5.86. The van der Waals surface area contributed by atoms with E-state index in [0.717, 1.165) is 12.0 Å². The van der Waals surface area contributed by atoms with E-state index in [-0.39, 0.29) is 23.1 Å². The van der Waals surface area contributed by atoms with Crippen molar-refractivity contribution in [3.63, 3.8) is 0 Å². The average molecular weight is 266 g/mol. The molecule has 1 saturated heterocycles. The highest BCUT2D eigenvalue weighted by Gasteiger charge is 2.44. The van der Waals surface area contributed by atoms with Gasteiger partial charge in [-0.25, -0.2) is 0 Å². The summed E-state index contributed by atoms with van der Waals surface area (Å²) < 4.78 is 0. The molecule has 1 aliphatic rings. The van der Waals surface area contributed by atoms with Gasteiger partial charge in [0.05, 0.1) is 5.92 Å². The number of benzene rings is 1. The maximum atomic E-state index is 12.1. The molecule has 0 aromatic heterocycles. The van der Waals surface area contributed by atoms with Crippen LogP contribution in [0.2, 0.25) is 5.02 Å². The van der Waals surface area contributed by atoms with Gasteiger partial charge in [0.25, 0.3) is 0 Å². The third-order valence-corrected chi connectivity index (χ3v) is 4.05. The largest absolute Gasteiger partial charge is 0.296 e. The Hall–Kier alpha value is -1.35. The maximum absolute atomic E-state index is 12.1. The summed E-state index contributed by atoms with van der Waals surface area (Å²) in [6, 6.07) is 7.26. The van der Waals surface area contributed by atoms with Crippen LogP contribution in [-0.2, 0) is 9.59 Å². The van der Waals surface area contributed by atoms with Crippen LogP contribution in [0.1, 0.15) is 38.2 Å². The molecule has 0 saturated carbocycles. The summed E-state index contributed by atoms with van der Waals surface area (Å²) in [5.74, 6) is -0.690. The van der Waals surface area contributed by atoms with E-state index in [4.69, 9.17) is 11.6 Å². The molecule has 0 spiro atoms. The highest BCUT2D eigenvalue weighted by Crippen LogP contribution is 2.44. The van der Waals surface area contributed by atoms with Crippen LogP contribution in [0.25, 0.3) is 0 Å². The fourth-order valence-corrected chi connectivity index (χ4v) is 2.70. The van der Waals surface area contributed by atoms with Gasteiger partial charge in [0, 0.05) is 11.4 Å². The Morgan fingerprint density at radius 3 is 2.50 bits per heavy atom. The zero-order chi connectivity index (χ0) is 13.3. The van der Waals surface area contributed by atoms with E-state index in [9.17, 15) is 9.59 Å². The van der Waals surface area contributed by atoms with Crippen LogP contribution in [0, 0.1) is 5.41 Å². The summed E-state index contributed by atoms with van der Waals surface area (Å²) in [6.45, 7) is 4.00. The second kappa shape index (κ2) is 4.73. The van der Waals surface area contributed by atoms with Crippen LogP contribution in [0.15, 0.2) is 24.3 Å². The van der Waals surface area contributed by atoms with Crippen molar-refractivity contribution in [3.05, 3.63) is 34.9 Å². The number of hydrogen-bond donors (Lipinski definition) is 1. The summed E-state index contributed by atoms with van der Waals surface area (Å²) in [4.78, 5) is 23.6. The Bertz CT molecular complexity index is 483. The lowest BCUT2D eigenvalue weighted by atomic mass is 9.67. The number of rotatable bonds is 2. The van der Waals surface area contributed by atoms with E-state index in [1.54, 1.807) is 12.1 Å². The molecule has 0 aliphatic carbocycles. The Morgan fingerprint density at radius 1 is 1.33 bits per heavy atom. The molecule has 1 aliphatic heterocycles. The minimum Gasteiger partial charge on any atom is -0.296 e. The third-order valence-electron chi connectivity index (χ3n) is 3.80. The molecule has 2 unspecified atom stereocenters. The van der Waals surface area contributed by atoms with Gasteiger partial charge in [-0.1, -0.05) is 37.6 Å². The molecule has 1 aromatic rings. The minimum atomic E-state index is -0.326. The Kier molecular flexibility index (Phi) is 3.44. The minimum absolute atomic E-state index is 0.186. The number of carbonyl (C=O) groups is 2. The molecule has 1 N–H and O–H groups in total. The molecular weight excluding hydrogens is 250 g/mol. The molecule has 18 heavy (non-hydrogen) atoms. The smallest absolute Gasteiger partial charge is 0.234 e. The molecule has 96 valence electrons. The van der Waals surface area contributed by atoms with Crippen molar-refractivity contribution in [2.75, 3.05) is 0 Å². The lowest BCUT2D eigenvalue weighted by molar-refractivity contribution is -0.139. The van der Waals surface area contributed by atoms with Crippen molar-refractivity contribution in [3.8, 4) is 0 Å². The summed E-state index contributed by atoms with van der Waals surface area (Å²) in [5.41, 5.74) is 0.585. The zero-order valence-corrected chi connectivity index (χ0v) is 11.3. The number of amides is 2. The van der Waals surface area contributed by atoms with E-state index in [1.165, 1.54) is 0 Å². The van der Waals surface area contributed by atoms with E-state index >= 15 is 0 Å². The fourth-order valence-electron chi connectivity index (χ4n) is 2.58. The summed E-state index contributed by atoms with van der Waals surface area (Å²) in [6.07, 6.45) is 1.15. The summed E-state index contributed by atoms with van der Waals surface area (Å²) in [5, 5.41) is 3.06. The van der Waals surface area contributed by atoms with Gasteiger partial charge in [-0.05, 0) is 29.5 Å². The fraction of sp³-hybridized carbons (Fsp3) is 0.429. The molecular formula is C14H16ClNO2. The van der Waals surface area contributed by atoms with E-state index in [2.05, 4.69) is 5.32 Å². The van der Waals surface area contributed by atoms with Crippen LogP contribution in [-0.4, -0.2) is 11.8 Å². The lowest BCUT2D eigenvalue weighted by Gasteiger charge is -2.39. The lowest BCUT2D eigenvalue weighted by Crippen LogP contribution is -2.49. The first-order valence-corrected chi connectivity index (χ1v) is 6.43. The maximum Gasteiger partial charge on any atom is 0.234 e. The molecule has 1 heterocycles. The van der Waals surface area contributed by atoms with Crippen LogP contribution >= 0.6 is 11.6 Å². The standard InChI is InChI=1S/C14H16ClNO2/c1-3-14(2)8-11(17)16-13(18)12(14)9-4-6-10(15)7-5-9/h4-7,12H,3,8H2,1-2H3,(H,16,17,18). The average Bonchev–Trinajstić information content (AvgIpc) is 2.30. The Labute approximate surface area is 112 Å².